The summed E-state index contributed by atoms with van der Waals surface area (Å²) in [4.78, 5) is 16.8. The molecule has 0 bridgehead atoms. The number of aromatic nitrogens is 3. The van der Waals surface area contributed by atoms with Gasteiger partial charge in [-0.3, -0.25) is 14.5 Å². The van der Waals surface area contributed by atoms with Gasteiger partial charge in [0.1, 0.15) is 0 Å². The van der Waals surface area contributed by atoms with Crippen LogP contribution in [0.4, 0.5) is 11.5 Å². The molecule has 6 heteroatoms. The number of nitrogens with one attached hydrogen (secondary N) is 1. The van der Waals surface area contributed by atoms with E-state index in [2.05, 4.69) is 15.4 Å². The minimum atomic E-state index is -0.233. The van der Waals surface area contributed by atoms with E-state index in [4.69, 9.17) is 5.73 Å². The lowest BCUT2D eigenvalue weighted by Gasteiger charge is -2.08. The van der Waals surface area contributed by atoms with Crippen molar-refractivity contribution >= 4 is 28.3 Å². The van der Waals surface area contributed by atoms with E-state index in [-0.39, 0.29) is 5.91 Å². The molecule has 0 aliphatic rings. The van der Waals surface area contributed by atoms with Crippen LogP contribution in [0, 0.1) is 6.92 Å². The zero-order chi connectivity index (χ0) is 15.0. The Hall–Kier alpha value is -2.89. The van der Waals surface area contributed by atoms with Crippen LogP contribution in [-0.4, -0.2) is 20.7 Å². The highest BCUT2D eigenvalue weighted by Crippen LogP contribution is 2.23. The van der Waals surface area contributed by atoms with Crippen molar-refractivity contribution in [1.29, 1.82) is 0 Å². The number of hydrogen-bond donors (Lipinski definition) is 2. The van der Waals surface area contributed by atoms with Gasteiger partial charge in [-0.2, -0.15) is 5.10 Å². The molecule has 0 aliphatic carbocycles. The first-order valence-corrected chi connectivity index (χ1v) is 6.52. The Morgan fingerprint density at radius 1 is 1.29 bits per heavy atom. The van der Waals surface area contributed by atoms with Gasteiger partial charge in [0.15, 0.2) is 5.82 Å². The van der Waals surface area contributed by atoms with Crippen molar-refractivity contribution in [3.63, 3.8) is 0 Å². The summed E-state index contributed by atoms with van der Waals surface area (Å²) in [6, 6.07) is 9.20. The molecular formula is C15H15N5O. The zero-order valence-corrected chi connectivity index (χ0v) is 11.8. The van der Waals surface area contributed by atoms with Gasteiger partial charge in [-0.25, -0.2) is 0 Å². The van der Waals surface area contributed by atoms with Gasteiger partial charge in [0.25, 0.3) is 5.91 Å². The SMILES string of the molecule is Cc1nn(C)c(NC(=O)c2ccnc3ccccc23)c1N. The molecule has 3 rings (SSSR count). The van der Waals surface area contributed by atoms with Crippen molar-refractivity contribution in [2.24, 2.45) is 7.05 Å². The minimum absolute atomic E-state index is 0.233. The second-order valence-electron chi connectivity index (χ2n) is 4.80. The highest BCUT2D eigenvalue weighted by molar-refractivity contribution is 6.12. The molecule has 0 atom stereocenters. The van der Waals surface area contributed by atoms with E-state index in [9.17, 15) is 4.79 Å². The number of para-hydroxylation sites is 1. The molecule has 0 aliphatic heterocycles. The fourth-order valence-corrected chi connectivity index (χ4v) is 2.29. The third-order valence-corrected chi connectivity index (χ3v) is 3.39. The van der Waals surface area contributed by atoms with Gasteiger partial charge in [0, 0.05) is 18.6 Å². The van der Waals surface area contributed by atoms with Crippen LogP contribution in [0.15, 0.2) is 36.5 Å². The van der Waals surface area contributed by atoms with Crippen LogP contribution < -0.4 is 11.1 Å². The number of hydrogen-bond acceptors (Lipinski definition) is 4. The van der Waals surface area contributed by atoms with Crippen LogP contribution >= 0.6 is 0 Å². The number of benzene rings is 1. The Morgan fingerprint density at radius 3 is 2.76 bits per heavy atom. The molecule has 0 spiro atoms. The van der Waals surface area contributed by atoms with E-state index in [0.717, 1.165) is 10.9 Å². The maximum atomic E-state index is 12.5. The van der Waals surface area contributed by atoms with Crippen molar-refractivity contribution in [3.05, 3.63) is 47.8 Å². The first-order valence-electron chi connectivity index (χ1n) is 6.52. The van der Waals surface area contributed by atoms with Gasteiger partial charge in [0.05, 0.1) is 22.5 Å². The number of anilines is 2. The van der Waals surface area contributed by atoms with E-state index < -0.39 is 0 Å². The highest BCUT2D eigenvalue weighted by Gasteiger charge is 2.16. The molecule has 21 heavy (non-hydrogen) atoms. The summed E-state index contributed by atoms with van der Waals surface area (Å²) >= 11 is 0. The van der Waals surface area contributed by atoms with Crippen molar-refractivity contribution in [2.45, 2.75) is 6.92 Å². The van der Waals surface area contributed by atoms with Gasteiger partial charge in [0.2, 0.25) is 0 Å². The van der Waals surface area contributed by atoms with Gasteiger partial charge in [-0.1, -0.05) is 18.2 Å². The van der Waals surface area contributed by atoms with E-state index in [1.165, 1.54) is 0 Å². The summed E-state index contributed by atoms with van der Waals surface area (Å²) in [6.07, 6.45) is 1.62. The van der Waals surface area contributed by atoms with Gasteiger partial charge in [-0.05, 0) is 19.1 Å². The van der Waals surface area contributed by atoms with E-state index in [1.54, 1.807) is 30.9 Å². The lowest BCUT2D eigenvalue weighted by molar-refractivity contribution is 0.102. The normalized spacial score (nSPS) is 10.8. The number of nitrogen functional groups attached to an aromatic ring is 1. The molecule has 6 nitrogen and oxygen atoms in total. The van der Waals surface area contributed by atoms with Crippen LogP contribution in [0.5, 0.6) is 0 Å². The van der Waals surface area contributed by atoms with Gasteiger partial charge >= 0.3 is 0 Å². The topological polar surface area (TPSA) is 85.8 Å². The molecular weight excluding hydrogens is 266 g/mol. The second kappa shape index (κ2) is 4.90. The largest absolute Gasteiger partial charge is 0.394 e. The second-order valence-corrected chi connectivity index (χ2v) is 4.80. The van der Waals surface area contributed by atoms with Crippen LogP contribution in [0.2, 0.25) is 0 Å². The number of carbonyl (C=O) groups excluding carboxylic acids is 1. The summed E-state index contributed by atoms with van der Waals surface area (Å²) in [5.41, 5.74) is 8.43. The average molecular weight is 281 g/mol. The summed E-state index contributed by atoms with van der Waals surface area (Å²) in [5, 5.41) is 7.80. The van der Waals surface area contributed by atoms with Crippen LogP contribution in [0.1, 0.15) is 16.1 Å². The molecule has 0 unspecified atom stereocenters. The third kappa shape index (κ3) is 2.20. The zero-order valence-electron chi connectivity index (χ0n) is 11.8. The number of pyridine rings is 1. The van der Waals surface area contributed by atoms with Crippen LogP contribution in [0.3, 0.4) is 0 Å². The number of aryl methyl sites for hydroxylation is 2. The smallest absolute Gasteiger partial charge is 0.257 e. The van der Waals surface area contributed by atoms with Crippen molar-refractivity contribution in [2.75, 3.05) is 11.1 Å². The first kappa shape index (κ1) is 13.1. The van der Waals surface area contributed by atoms with Crippen molar-refractivity contribution < 1.29 is 4.79 Å². The minimum Gasteiger partial charge on any atom is -0.394 e. The van der Waals surface area contributed by atoms with Crippen LogP contribution in [0.25, 0.3) is 10.9 Å². The molecule has 0 saturated carbocycles. The Balaban J connectivity index is 2.02. The molecule has 2 heterocycles. The molecule has 1 amide bonds. The lowest BCUT2D eigenvalue weighted by Crippen LogP contribution is -2.16. The monoisotopic (exact) mass is 281 g/mol. The maximum Gasteiger partial charge on any atom is 0.257 e. The predicted molar refractivity (Wildman–Crippen MR) is 82.1 cm³/mol. The van der Waals surface area contributed by atoms with E-state index >= 15 is 0 Å². The number of amides is 1. The number of rotatable bonds is 2. The Kier molecular flexibility index (Phi) is 3.06. The fourth-order valence-electron chi connectivity index (χ4n) is 2.29. The van der Waals surface area contributed by atoms with E-state index in [1.807, 2.05) is 24.3 Å². The quantitative estimate of drug-likeness (QED) is 0.753. The van der Waals surface area contributed by atoms with Crippen molar-refractivity contribution in [3.8, 4) is 0 Å². The maximum absolute atomic E-state index is 12.5. The molecule has 2 aromatic heterocycles. The molecule has 0 saturated heterocycles. The fraction of sp³-hybridized carbons (Fsp3) is 0.133. The highest BCUT2D eigenvalue weighted by atomic mass is 16.1. The lowest BCUT2D eigenvalue weighted by atomic mass is 10.1. The average Bonchev–Trinajstić information content (AvgIpc) is 2.73. The molecule has 3 aromatic rings. The molecule has 0 fully saturated rings. The van der Waals surface area contributed by atoms with Gasteiger partial charge < -0.3 is 11.1 Å². The van der Waals surface area contributed by atoms with E-state index in [0.29, 0.717) is 22.8 Å². The summed E-state index contributed by atoms with van der Waals surface area (Å²) in [5.74, 6) is 0.265. The Labute approximate surface area is 121 Å². The van der Waals surface area contributed by atoms with Crippen LogP contribution in [-0.2, 0) is 7.05 Å². The summed E-state index contributed by atoms with van der Waals surface area (Å²) in [7, 11) is 1.74. The predicted octanol–water partition coefficient (Wildman–Crippen LogP) is 2.11. The number of carbonyl (C=O) groups is 1. The molecule has 3 N–H and O–H groups in total. The Bertz CT molecular complexity index is 832. The molecule has 1 aromatic carbocycles. The molecule has 0 radical (unpaired) electrons. The molecule has 106 valence electrons. The number of fused-ring (bicyclic) bond motifs is 1. The standard InChI is InChI=1S/C15H15N5O/c1-9-13(16)14(20(2)19-9)18-15(21)11-7-8-17-12-6-4-3-5-10(11)12/h3-8H,16H2,1-2H3,(H,18,21). The summed E-state index contributed by atoms with van der Waals surface area (Å²) in [6.45, 7) is 1.80. The summed E-state index contributed by atoms with van der Waals surface area (Å²) < 4.78 is 1.56. The third-order valence-electron chi connectivity index (χ3n) is 3.39. The van der Waals surface area contributed by atoms with Crippen molar-refractivity contribution in [1.82, 2.24) is 14.8 Å². The number of nitrogens with two attached hydrogens (primary N) is 1. The first-order chi connectivity index (χ1) is 10.1. The Morgan fingerprint density at radius 2 is 2.05 bits per heavy atom. The number of nitrogens with zero attached hydrogens (tertiary/aromatic N) is 3. The van der Waals surface area contributed by atoms with Gasteiger partial charge in [-0.15, -0.1) is 0 Å².